The summed E-state index contributed by atoms with van der Waals surface area (Å²) in [5.74, 6) is 1.71. The molecule has 29 heavy (non-hydrogen) atoms. The Morgan fingerprint density at radius 2 is 2.14 bits per heavy atom. The van der Waals surface area contributed by atoms with Crippen molar-refractivity contribution in [2.24, 2.45) is 4.99 Å². The highest BCUT2D eigenvalue weighted by atomic mass is 127. The van der Waals surface area contributed by atoms with E-state index in [-0.39, 0.29) is 30.0 Å². The van der Waals surface area contributed by atoms with Crippen molar-refractivity contribution in [3.63, 3.8) is 0 Å². The summed E-state index contributed by atoms with van der Waals surface area (Å²) < 4.78 is 7.24. The minimum atomic E-state index is 0. The third kappa shape index (κ3) is 7.08. The van der Waals surface area contributed by atoms with Crippen molar-refractivity contribution in [3.8, 4) is 5.69 Å². The van der Waals surface area contributed by atoms with Crippen LogP contribution >= 0.6 is 24.0 Å². The Morgan fingerprint density at radius 3 is 2.83 bits per heavy atom. The van der Waals surface area contributed by atoms with Gasteiger partial charge in [0, 0.05) is 25.4 Å². The molecule has 0 spiro atoms. The van der Waals surface area contributed by atoms with Crippen LogP contribution in [0.1, 0.15) is 31.2 Å². The van der Waals surface area contributed by atoms with Gasteiger partial charge in [0.05, 0.1) is 24.5 Å². The van der Waals surface area contributed by atoms with Crippen molar-refractivity contribution in [2.45, 2.75) is 26.3 Å². The number of benzene rings is 1. The average molecular weight is 505 g/mol. The highest BCUT2D eigenvalue weighted by Crippen LogP contribution is 2.16. The van der Waals surface area contributed by atoms with Crippen LogP contribution in [0.5, 0.6) is 0 Å². The third-order valence-corrected chi connectivity index (χ3v) is 4.24. The Labute approximate surface area is 189 Å². The number of aliphatic imine (C=N–C) groups is 1. The van der Waals surface area contributed by atoms with E-state index in [0.717, 1.165) is 41.5 Å². The number of guanidine groups is 1. The van der Waals surface area contributed by atoms with Crippen molar-refractivity contribution in [2.75, 3.05) is 13.1 Å². The fraction of sp³-hybridized carbons (Fsp3) is 0.273. The molecule has 6 nitrogen and oxygen atoms in total. The molecule has 0 saturated carbocycles. The van der Waals surface area contributed by atoms with Crippen molar-refractivity contribution in [3.05, 3.63) is 84.6 Å². The number of furan rings is 1. The van der Waals surface area contributed by atoms with Crippen molar-refractivity contribution in [1.82, 2.24) is 20.4 Å². The zero-order valence-corrected chi connectivity index (χ0v) is 19.2. The van der Waals surface area contributed by atoms with E-state index >= 15 is 0 Å². The van der Waals surface area contributed by atoms with Crippen molar-refractivity contribution >= 4 is 29.9 Å². The van der Waals surface area contributed by atoms with Gasteiger partial charge in [-0.05, 0) is 49.7 Å². The van der Waals surface area contributed by atoms with Crippen LogP contribution in [0.3, 0.4) is 0 Å². The minimum Gasteiger partial charge on any atom is -0.469 e. The van der Waals surface area contributed by atoms with E-state index in [1.165, 1.54) is 0 Å². The lowest BCUT2D eigenvalue weighted by Gasteiger charge is -2.19. The molecule has 0 aliphatic heterocycles. The number of hydrogen-bond acceptors (Lipinski definition) is 3. The lowest BCUT2D eigenvalue weighted by molar-refractivity contribution is 0.506. The van der Waals surface area contributed by atoms with Crippen molar-refractivity contribution in [1.29, 1.82) is 0 Å². The first-order valence-electron chi connectivity index (χ1n) is 9.43. The molecular formula is C22H28IN5O. The predicted molar refractivity (Wildman–Crippen MR) is 128 cm³/mol. The molecule has 2 aromatic heterocycles. The number of hydrogen-bond donors (Lipinski definition) is 2. The van der Waals surface area contributed by atoms with E-state index < -0.39 is 0 Å². The Bertz CT molecular complexity index is 903. The molecule has 1 unspecified atom stereocenters. The maximum atomic E-state index is 5.39. The van der Waals surface area contributed by atoms with Gasteiger partial charge in [-0.2, -0.15) is 5.10 Å². The molecule has 7 heteroatoms. The van der Waals surface area contributed by atoms with Crippen LogP contribution < -0.4 is 10.6 Å². The van der Waals surface area contributed by atoms with E-state index in [0.29, 0.717) is 6.54 Å². The summed E-state index contributed by atoms with van der Waals surface area (Å²) in [6.45, 7) is 9.34. The molecule has 0 fully saturated rings. The fourth-order valence-corrected chi connectivity index (χ4v) is 2.77. The van der Waals surface area contributed by atoms with E-state index in [4.69, 9.17) is 4.42 Å². The number of rotatable bonds is 8. The molecule has 0 aliphatic rings. The van der Waals surface area contributed by atoms with E-state index in [1.807, 2.05) is 48.1 Å². The average Bonchev–Trinajstić information content (AvgIpc) is 3.40. The molecule has 154 valence electrons. The van der Waals surface area contributed by atoms with Gasteiger partial charge < -0.3 is 15.1 Å². The maximum Gasteiger partial charge on any atom is 0.192 e. The SMILES string of the molecule is C=C(C)CN=C(NCCc1ccco1)NC(C)c1cccc(-n2cccn2)c1.I. The van der Waals surface area contributed by atoms with Gasteiger partial charge in [-0.15, -0.1) is 24.0 Å². The van der Waals surface area contributed by atoms with Gasteiger partial charge in [0.15, 0.2) is 5.96 Å². The second-order valence-electron chi connectivity index (χ2n) is 6.79. The lowest BCUT2D eigenvalue weighted by atomic mass is 10.1. The zero-order valence-electron chi connectivity index (χ0n) is 16.8. The lowest BCUT2D eigenvalue weighted by Crippen LogP contribution is -2.40. The molecule has 1 aromatic carbocycles. The summed E-state index contributed by atoms with van der Waals surface area (Å²) in [7, 11) is 0. The Kier molecular flexibility index (Phi) is 8.98. The molecular weight excluding hydrogens is 477 g/mol. The minimum absolute atomic E-state index is 0. The first kappa shape index (κ1) is 22.7. The summed E-state index contributed by atoms with van der Waals surface area (Å²) in [6, 6.07) is 14.2. The quantitative estimate of drug-likeness (QED) is 0.205. The van der Waals surface area contributed by atoms with Crippen LogP contribution in [0.2, 0.25) is 0 Å². The van der Waals surface area contributed by atoms with Gasteiger partial charge in [0.1, 0.15) is 5.76 Å². The monoisotopic (exact) mass is 505 g/mol. The summed E-state index contributed by atoms with van der Waals surface area (Å²) in [5, 5.41) is 11.2. The largest absolute Gasteiger partial charge is 0.469 e. The first-order valence-corrected chi connectivity index (χ1v) is 9.43. The third-order valence-electron chi connectivity index (χ3n) is 4.24. The van der Waals surface area contributed by atoms with Gasteiger partial charge >= 0.3 is 0 Å². The maximum absolute atomic E-state index is 5.39. The van der Waals surface area contributed by atoms with Crippen LogP contribution in [-0.2, 0) is 6.42 Å². The van der Waals surface area contributed by atoms with Gasteiger partial charge in [0.25, 0.3) is 0 Å². The molecule has 3 rings (SSSR count). The molecule has 2 N–H and O–H groups in total. The topological polar surface area (TPSA) is 67.4 Å². The summed E-state index contributed by atoms with van der Waals surface area (Å²) in [5.41, 5.74) is 3.20. The number of nitrogens with one attached hydrogen (secondary N) is 2. The Balaban J connectivity index is 0.00000300. The number of aromatic nitrogens is 2. The van der Waals surface area contributed by atoms with Crippen LogP contribution in [0, 0.1) is 0 Å². The van der Waals surface area contributed by atoms with Crippen LogP contribution in [0.4, 0.5) is 0 Å². The first-order chi connectivity index (χ1) is 13.6. The normalized spacial score (nSPS) is 12.1. The van der Waals surface area contributed by atoms with E-state index in [2.05, 4.69) is 46.4 Å². The summed E-state index contributed by atoms with van der Waals surface area (Å²) in [6.07, 6.45) is 6.20. The Hall–Kier alpha value is -2.55. The molecule has 0 bridgehead atoms. The highest BCUT2D eigenvalue weighted by Gasteiger charge is 2.10. The molecule has 0 radical (unpaired) electrons. The number of nitrogens with zero attached hydrogens (tertiary/aromatic N) is 3. The Morgan fingerprint density at radius 1 is 1.28 bits per heavy atom. The summed E-state index contributed by atoms with van der Waals surface area (Å²) in [4.78, 5) is 4.63. The smallest absolute Gasteiger partial charge is 0.192 e. The fourth-order valence-electron chi connectivity index (χ4n) is 2.77. The van der Waals surface area contributed by atoms with Gasteiger partial charge in [-0.3, -0.25) is 0 Å². The van der Waals surface area contributed by atoms with Gasteiger partial charge in [-0.1, -0.05) is 24.3 Å². The van der Waals surface area contributed by atoms with Gasteiger partial charge in [-0.25, -0.2) is 9.67 Å². The standard InChI is InChI=1S/C22H27N5O.HI/c1-17(2)16-24-22(23-12-10-21-9-5-14-28-21)26-18(3)19-7-4-8-20(15-19)27-13-6-11-25-27;/h4-9,11,13-15,18H,1,10,12,16H2,2-3H3,(H2,23,24,26);1H. The predicted octanol–water partition coefficient (Wildman–Crippen LogP) is 4.50. The van der Waals surface area contributed by atoms with E-state index in [9.17, 15) is 0 Å². The van der Waals surface area contributed by atoms with Crippen molar-refractivity contribution < 1.29 is 4.42 Å². The second kappa shape index (κ2) is 11.5. The second-order valence-corrected chi connectivity index (χ2v) is 6.79. The number of halogens is 1. The van der Waals surface area contributed by atoms with Gasteiger partial charge in [0.2, 0.25) is 0 Å². The highest BCUT2D eigenvalue weighted by molar-refractivity contribution is 14.0. The summed E-state index contributed by atoms with van der Waals surface area (Å²) >= 11 is 0. The molecule has 3 aromatic rings. The molecule has 0 aliphatic carbocycles. The molecule has 0 saturated heterocycles. The molecule has 0 amide bonds. The van der Waals surface area contributed by atoms with Crippen LogP contribution in [0.25, 0.3) is 5.69 Å². The van der Waals surface area contributed by atoms with Crippen LogP contribution in [-0.4, -0.2) is 28.8 Å². The van der Waals surface area contributed by atoms with E-state index in [1.54, 1.807) is 12.5 Å². The molecule has 2 heterocycles. The zero-order chi connectivity index (χ0) is 19.8. The van der Waals surface area contributed by atoms with Crippen LogP contribution in [0.15, 0.2) is 82.7 Å². The molecule has 1 atom stereocenters.